The molecule has 0 fully saturated rings. The molecule has 1 rings (SSSR count). The number of hydrogen-bond donors (Lipinski definition) is 2. The number of halogens is 1. The van der Waals surface area contributed by atoms with Gasteiger partial charge in [0.25, 0.3) is 0 Å². The van der Waals surface area contributed by atoms with Crippen LogP contribution in [0.4, 0.5) is 4.39 Å². The Morgan fingerprint density at radius 1 is 1.40 bits per heavy atom. The largest absolute Gasteiger partial charge is 0.468 e. The molecule has 1 atom stereocenters. The summed E-state index contributed by atoms with van der Waals surface area (Å²) in [5.74, 6) is -0.853. The zero-order valence-corrected chi connectivity index (χ0v) is 11.8. The lowest BCUT2D eigenvalue weighted by molar-refractivity contribution is -0.147. The number of ether oxygens (including phenoxy) is 1. The number of methoxy groups -OCH3 is 1. The van der Waals surface area contributed by atoms with Crippen molar-refractivity contribution < 1.29 is 19.0 Å². The van der Waals surface area contributed by atoms with Crippen LogP contribution in [0, 0.1) is 5.82 Å². The maximum atomic E-state index is 13.4. The van der Waals surface area contributed by atoms with Crippen LogP contribution in [0.2, 0.25) is 0 Å². The molecule has 0 amide bonds. The van der Waals surface area contributed by atoms with Crippen molar-refractivity contribution in [3.63, 3.8) is 0 Å². The van der Waals surface area contributed by atoms with E-state index in [4.69, 9.17) is 15.6 Å². The Labute approximate surface area is 118 Å². The summed E-state index contributed by atoms with van der Waals surface area (Å²) in [6.07, 6.45) is 2.64. The first-order chi connectivity index (χ1) is 9.60. The first kappa shape index (κ1) is 16.6. The minimum Gasteiger partial charge on any atom is -0.468 e. The molecule has 0 radical (unpaired) electrons. The Morgan fingerprint density at radius 3 is 2.70 bits per heavy atom. The molecule has 3 N–H and O–H groups in total. The van der Waals surface area contributed by atoms with E-state index in [9.17, 15) is 9.18 Å². The molecular formula is C15H22FNO3. The Bertz CT molecular complexity index is 439. The highest BCUT2D eigenvalue weighted by Crippen LogP contribution is 2.31. The fourth-order valence-electron chi connectivity index (χ4n) is 2.36. The zero-order valence-electron chi connectivity index (χ0n) is 11.8. The number of carbonyl (C=O) groups is 1. The molecule has 0 aliphatic rings. The van der Waals surface area contributed by atoms with E-state index < -0.39 is 17.2 Å². The van der Waals surface area contributed by atoms with Gasteiger partial charge in [-0.05, 0) is 30.5 Å². The molecule has 112 valence electrons. The number of benzene rings is 1. The van der Waals surface area contributed by atoms with Crippen molar-refractivity contribution in [3.8, 4) is 0 Å². The number of aliphatic hydroxyl groups is 1. The summed E-state index contributed by atoms with van der Waals surface area (Å²) in [7, 11) is 1.31. The van der Waals surface area contributed by atoms with E-state index in [0.717, 1.165) is 6.42 Å². The molecule has 1 aromatic carbocycles. The lowest BCUT2D eigenvalue weighted by Crippen LogP contribution is -2.44. The van der Waals surface area contributed by atoms with Crippen LogP contribution in [-0.4, -0.2) is 31.3 Å². The van der Waals surface area contributed by atoms with Gasteiger partial charge in [-0.15, -0.1) is 0 Å². The van der Waals surface area contributed by atoms with Gasteiger partial charge in [0.1, 0.15) is 11.2 Å². The molecule has 20 heavy (non-hydrogen) atoms. The average molecular weight is 283 g/mol. The Kier molecular flexibility index (Phi) is 6.61. The minimum atomic E-state index is -1.02. The van der Waals surface area contributed by atoms with Gasteiger partial charge in [0.2, 0.25) is 0 Å². The van der Waals surface area contributed by atoms with Crippen molar-refractivity contribution in [1.82, 2.24) is 0 Å². The first-order valence-corrected chi connectivity index (χ1v) is 6.76. The first-order valence-electron chi connectivity index (χ1n) is 6.76. The molecule has 1 unspecified atom stereocenters. The van der Waals surface area contributed by atoms with Crippen molar-refractivity contribution in [2.45, 2.75) is 31.1 Å². The summed E-state index contributed by atoms with van der Waals surface area (Å²) in [6.45, 7) is 0.177. The number of unbranched alkanes of at least 4 members (excludes halogenated alkanes) is 2. The van der Waals surface area contributed by atoms with E-state index in [0.29, 0.717) is 24.8 Å². The maximum absolute atomic E-state index is 13.4. The molecule has 0 spiro atoms. The minimum absolute atomic E-state index is 0.0578. The van der Waals surface area contributed by atoms with Gasteiger partial charge in [-0.3, -0.25) is 4.79 Å². The van der Waals surface area contributed by atoms with Crippen molar-refractivity contribution >= 4 is 5.97 Å². The Balaban J connectivity index is 3.02. The molecule has 0 saturated carbocycles. The van der Waals surface area contributed by atoms with Gasteiger partial charge >= 0.3 is 5.97 Å². The Hall–Kier alpha value is -1.46. The molecule has 5 heteroatoms. The monoisotopic (exact) mass is 283 g/mol. The number of aliphatic hydroxyl groups excluding tert-OH is 1. The SMILES string of the molecule is COC(=O)C(CN)(CCCCCO)c1cccc(F)c1. The second-order valence-corrected chi connectivity index (χ2v) is 4.82. The van der Waals surface area contributed by atoms with Gasteiger partial charge in [-0.25, -0.2) is 4.39 Å². The maximum Gasteiger partial charge on any atom is 0.317 e. The summed E-state index contributed by atoms with van der Waals surface area (Å²) < 4.78 is 18.3. The van der Waals surface area contributed by atoms with Gasteiger partial charge in [0.05, 0.1) is 7.11 Å². The third-order valence-electron chi connectivity index (χ3n) is 3.56. The van der Waals surface area contributed by atoms with Gasteiger partial charge in [0, 0.05) is 13.2 Å². The molecule has 0 aromatic heterocycles. The van der Waals surface area contributed by atoms with Crippen LogP contribution in [-0.2, 0) is 14.9 Å². The van der Waals surface area contributed by atoms with E-state index in [2.05, 4.69) is 0 Å². The van der Waals surface area contributed by atoms with E-state index >= 15 is 0 Å². The van der Waals surface area contributed by atoms with Crippen molar-refractivity contribution in [2.75, 3.05) is 20.3 Å². The van der Waals surface area contributed by atoms with Gasteiger partial charge in [-0.1, -0.05) is 25.0 Å². The number of hydrogen-bond acceptors (Lipinski definition) is 4. The quantitative estimate of drug-likeness (QED) is 0.563. The molecule has 0 heterocycles. The fraction of sp³-hybridized carbons (Fsp3) is 0.533. The molecule has 0 bridgehead atoms. The number of esters is 1. The highest BCUT2D eigenvalue weighted by molar-refractivity contribution is 5.83. The van der Waals surface area contributed by atoms with Crippen LogP contribution < -0.4 is 5.73 Å². The standard InChI is InChI=1S/C15H22FNO3/c1-20-14(19)15(11-17,8-3-2-4-9-18)12-6-5-7-13(16)10-12/h5-7,10,18H,2-4,8-9,11,17H2,1H3. The fourth-order valence-corrected chi connectivity index (χ4v) is 2.36. The van der Waals surface area contributed by atoms with Crippen LogP contribution in [0.25, 0.3) is 0 Å². The van der Waals surface area contributed by atoms with E-state index in [-0.39, 0.29) is 13.2 Å². The van der Waals surface area contributed by atoms with Crippen LogP contribution in [0.5, 0.6) is 0 Å². The lowest BCUT2D eigenvalue weighted by atomic mass is 9.76. The summed E-state index contributed by atoms with van der Waals surface area (Å²) in [5.41, 5.74) is 5.32. The summed E-state index contributed by atoms with van der Waals surface area (Å²) >= 11 is 0. The molecule has 0 saturated heterocycles. The van der Waals surface area contributed by atoms with Crippen LogP contribution in [0.15, 0.2) is 24.3 Å². The lowest BCUT2D eigenvalue weighted by Gasteiger charge is -2.30. The van der Waals surface area contributed by atoms with Crippen molar-refractivity contribution in [2.24, 2.45) is 5.73 Å². The normalized spacial score (nSPS) is 13.8. The number of nitrogens with two attached hydrogens (primary N) is 1. The highest BCUT2D eigenvalue weighted by Gasteiger charge is 2.39. The predicted molar refractivity (Wildman–Crippen MR) is 74.7 cm³/mol. The second-order valence-electron chi connectivity index (χ2n) is 4.82. The molecule has 0 aliphatic carbocycles. The van der Waals surface area contributed by atoms with Gasteiger partial charge in [0.15, 0.2) is 0 Å². The average Bonchev–Trinajstić information content (AvgIpc) is 2.47. The summed E-state index contributed by atoms with van der Waals surface area (Å²) in [6, 6.07) is 5.91. The summed E-state index contributed by atoms with van der Waals surface area (Å²) in [4.78, 5) is 12.2. The second kappa shape index (κ2) is 7.97. The van der Waals surface area contributed by atoms with E-state index in [1.54, 1.807) is 12.1 Å². The molecule has 0 aliphatic heterocycles. The van der Waals surface area contributed by atoms with E-state index in [1.165, 1.54) is 19.2 Å². The number of carbonyl (C=O) groups excluding carboxylic acids is 1. The van der Waals surface area contributed by atoms with Crippen LogP contribution in [0.3, 0.4) is 0 Å². The topological polar surface area (TPSA) is 72.5 Å². The molecular weight excluding hydrogens is 261 g/mol. The smallest absolute Gasteiger partial charge is 0.317 e. The van der Waals surface area contributed by atoms with Crippen molar-refractivity contribution in [3.05, 3.63) is 35.6 Å². The predicted octanol–water partition coefficient (Wildman–Crippen LogP) is 1.75. The zero-order chi connectivity index (χ0) is 15.0. The van der Waals surface area contributed by atoms with Crippen LogP contribution in [0.1, 0.15) is 31.2 Å². The highest BCUT2D eigenvalue weighted by atomic mass is 19.1. The van der Waals surface area contributed by atoms with Crippen LogP contribution >= 0.6 is 0 Å². The van der Waals surface area contributed by atoms with E-state index in [1.807, 2.05) is 0 Å². The summed E-state index contributed by atoms with van der Waals surface area (Å²) in [5, 5.41) is 8.80. The van der Waals surface area contributed by atoms with Gasteiger partial charge < -0.3 is 15.6 Å². The Morgan fingerprint density at radius 2 is 2.15 bits per heavy atom. The number of rotatable bonds is 8. The van der Waals surface area contributed by atoms with Gasteiger partial charge in [-0.2, -0.15) is 0 Å². The van der Waals surface area contributed by atoms with Crippen molar-refractivity contribution in [1.29, 1.82) is 0 Å². The molecule has 4 nitrogen and oxygen atoms in total. The third-order valence-corrected chi connectivity index (χ3v) is 3.56. The molecule has 1 aromatic rings. The third kappa shape index (κ3) is 3.77.